The molecule has 0 spiro atoms. The Morgan fingerprint density at radius 3 is 2.77 bits per heavy atom. The first kappa shape index (κ1) is 7.67. The zero-order valence-electron chi connectivity index (χ0n) is 6.56. The fourth-order valence-electron chi connectivity index (χ4n) is 1.11. The summed E-state index contributed by atoms with van der Waals surface area (Å²) in [6, 6.07) is 8.35. The lowest BCUT2D eigenvalue weighted by molar-refractivity contribution is 0.562. The Hall–Kier alpha value is -1.97. The van der Waals surface area contributed by atoms with Crippen molar-refractivity contribution in [2.24, 2.45) is 5.18 Å². The van der Waals surface area contributed by atoms with Gasteiger partial charge in [-0.25, -0.2) is 4.79 Å². The van der Waals surface area contributed by atoms with Gasteiger partial charge in [-0.05, 0) is 17.3 Å². The Labute approximate surface area is 72.8 Å². The second-order valence-electron chi connectivity index (χ2n) is 2.55. The van der Waals surface area contributed by atoms with E-state index in [4.69, 9.17) is 4.42 Å². The number of nitroso groups, excluding NO2 is 1. The predicted octanol–water partition coefficient (Wildman–Crippen LogP) is 2.19. The van der Waals surface area contributed by atoms with E-state index in [0.29, 0.717) is 11.0 Å². The minimum atomic E-state index is -0.700. The normalized spacial score (nSPS) is 10.2. The first-order valence-electron chi connectivity index (χ1n) is 3.67. The lowest BCUT2D eigenvalue weighted by atomic mass is 10.2. The summed E-state index contributed by atoms with van der Waals surface area (Å²) in [4.78, 5) is 21.2. The summed E-state index contributed by atoms with van der Waals surface area (Å²) in [5.41, 5.74) is -0.438. The molecule has 0 amide bonds. The molecule has 0 aliphatic heterocycles. The summed E-state index contributed by atoms with van der Waals surface area (Å²) in [5.74, 6) is 0. The molecule has 0 saturated heterocycles. The molecule has 64 valence electrons. The quantitative estimate of drug-likeness (QED) is 0.493. The second kappa shape index (κ2) is 2.82. The van der Waals surface area contributed by atoms with Crippen LogP contribution in [-0.2, 0) is 0 Å². The minimum Gasteiger partial charge on any atom is -0.421 e. The molecule has 0 atom stereocenters. The highest BCUT2D eigenvalue weighted by Crippen LogP contribution is 2.16. The maximum atomic E-state index is 11.0. The van der Waals surface area contributed by atoms with Crippen molar-refractivity contribution >= 4 is 16.7 Å². The maximum absolute atomic E-state index is 11.0. The second-order valence-corrected chi connectivity index (χ2v) is 2.55. The van der Waals surface area contributed by atoms with E-state index in [1.54, 1.807) is 24.3 Å². The number of para-hydroxylation sites is 1. The average Bonchev–Trinajstić information content (AvgIpc) is 2.17. The molecule has 2 rings (SSSR count). The van der Waals surface area contributed by atoms with E-state index in [0.717, 1.165) is 0 Å². The summed E-state index contributed by atoms with van der Waals surface area (Å²) >= 11 is 0. The largest absolute Gasteiger partial charge is 0.421 e. The molecule has 2 aromatic rings. The Balaban J connectivity index is 2.89. The predicted molar refractivity (Wildman–Crippen MR) is 47.9 cm³/mol. The molecule has 0 saturated carbocycles. The third kappa shape index (κ3) is 1.22. The number of rotatable bonds is 1. The molecule has 1 aromatic carbocycles. The van der Waals surface area contributed by atoms with Gasteiger partial charge in [-0.2, -0.15) is 0 Å². The Bertz CT molecular complexity index is 515. The number of nitrogens with zero attached hydrogens (tertiary/aromatic N) is 1. The van der Waals surface area contributed by atoms with Gasteiger partial charge in [0.15, 0.2) is 5.69 Å². The summed E-state index contributed by atoms with van der Waals surface area (Å²) in [5, 5.41) is 3.26. The van der Waals surface area contributed by atoms with Crippen LogP contribution >= 0.6 is 0 Å². The van der Waals surface area contributed by atoms with Gasteiger partial charge in [0.25, 0.3) is 0 Å². The van der Waals surface area contributed by atoms with Crippen molar-refractivity contribution in [3.63, 3.8) is 0 Å². The minimum absolute atomic E-state index is 0.196. The average molecular weight is 175 g/mol. The number of hydrogen-bond donors (Lipinski definition) is 0. The van der Waals surface area contributed by atoms with E-state index in [-0.39, 0.29) is 5.69 Å². The van der Waals surface area contributed by atoms with E-state index < -0.39 is 5.63 Å². The van der Waals surface area contributed by atoms with Crippen LogP contribution in [0.15, 0.2) is 44.7 Å². The van der Waals surface area contributed by atoms with Gasteiger partial charge in [0.05, 0.1) is 0 Å². The van der Waals surface area contributed by atoms with Crippen molar-refractivity contribution in [1.82, 2.24) is 0 Å². The van der Waals surface area contributed by atoms with E-state index in [9.17, 15) is 9.70 Å². The van der Waals surface area contributed by atoms with E-state index in [1.165, 1.54) is 6.07 Å². The Morgan fingerprint density at radius 1 is 1.23 bits per heavy atom. The van der Waals surface area contributed by atoms with Crippen molar-refractivity contribution < 1.29 is 4.42 Å². The molecular weight excluding hydrogens is 170 g/mol. The first-order valence-corrected chi connectivity index (χ1v) is 3.67. The molecule has 0 fully saturated rings. The van der Waals surface area contributed by atoms with Crippen LogP contribution in [0.5, 0.6) is 0 Å². The number of fused-ring (bicyclic) bond motifs is 1. The van der Waals surface area contributed by atoms with Crippen LogP contribution in [0.3, 0.4) is 0 Å². The van der Waals surface area contributed by atoms with Gasteiger partial charge >= 0.3 is 5.63 Å². The van der Waals surface area contributed by atoms with Gasteiger partial charge in [-0.3, -0.25) is 0 Å². The SMILES string of the molecule is O=Nc1cc2ccccc2oc1=O. The standard InChI is InChI=1S/C9H5NO3/c11-9-7(10-12)5-6-3-1-2-4-8(6)13-9/h1-5H. The molecule has 0 radical (unpaired) electrons. The van der Waals surface area contributed by atoms with E-state index in [2.05, 4.69) is 5.18 Å². The molecule has 13 heavy (non-hydrogen) atoms. The van der Waals surface area contributed by atoms with E-state index in [1.807, 2.05) is 0 Å². The van der Waals surface area contributed by atoms with Crippen molar-refractivity contribution in [2.45, 2.75) is 0 Å². The molecule has 1 aromatic heterocycles. The van der Waals surface area contributed by atoms with Gasteiger partial charge in [-0.1, -0.05) is 18.2 Å². The Morgan fingerprint density at radius 2 is 2.00 bits per heavy atom. The highest BCUT2D eigenvalue weighted by atomic mass is 16.4. The smallest absolute Gasteiger partial charge is 0.366 e. The first-order chi connectivity index (χ1) is 6.31. The van der Waals surface area contributed by atoms with Crippen molar-refractivity contribution in [3.05, 3.63) is 45.7 Å². The van der Waals surface area contributed by atoms with Crippen LogP contribution in [-0.4, -0.2) is 0 Å². The zero-order chi connectivity index (χ0) is 9.26. The molecule has 0 unspecified atom stereocenters. The molecule has 0 bridgehead atoms. The molecule has 1 heterocycles. The van der Waals surface area contributed by atoms with Gasteiger partial charge in [0, 0.05) is 5.39 Å². The topological polar surface area (TPSA) is 59.6 Å². The molecule has 4 nitrogen and oxygen atoms in total. The third-order valence-electron chi connectivity index (χ3n) is 1.72. The van der Waals surface area contributed by atoms with Gasteiger partial charge in [0.1, 0.15) is 5.58 Å². The van der Waals surface area contributed by atoms with E-state index >= 15 is 0 Å². The highest BCUT2D eigenvalue weighted by molar-refractivity contribution is 5.78. The fourth-order valence-corrected chi connectivity index (χ4v) is 1.11. The molecular formula is C9H5NO3. The van der Waals surface area contributed by atoms with Crippen LogP contribution in [0.25, 0.3) is 11.0 Å². The van der Waals surface area contributed by atoms with Crippen LogP contribution in [0, 0.1) is 4.91 Å². The summed E-state index contributed by atoms with van der Waals surface area (Å²) in [7, 11) is 0. The zero-order valence-corrected chi connectivity index (χ0v) is 6.56. The lowest BCUT2D eigenvalue weighted by Gasteiger charge is -1.94. The maximum Gasteiger partial charge on any atom is 0.366 e. The Kier molecular flexibility index (Phi) is 1.66. The fraction of sp³-hybridized carbons (Fsp3) is 0. The highest BCUT2D eigenvalue weighted by Gasteiger charge is 2.03. The third-order valence-corrected chi connectivity index (χ3v) is 1.72. The van der Waals surface area contributed by atoms with Crippen LogP contribution < -0.4 is 5.63 Å². The van der Waals surface area contributed by atoms with Crippen LogP contribution in [0.4, 0.5) is 5.69 Å². The molecule has 0 N–H and O–H groups in total. The molecule has 0 aliphatic rings. The monoisotopic (exact) mass is 175 g/mol. The van der Waals surface area contributed by atoms with Crippen LogP contribution in [0.2, 0.25) is 0 Å². The molecule has 0 aliphatic carbocycles. The number of benzene rings is 1. The summed E-state index contributed by atoms with van der Waals surface area (Å²) in [6.07, 6.45) is 0. The lowest BCUT2D eigenvalue weighted by Crippen LogP contribution is -1.96. The summed E-state index contributed by atoms with van der Waals surface area (Å²) in [6.45, 7) is 0. The van der Waals surface area contributed by atoms with Gasteiger partial charge in [-0.15, -0.1) is 4.91 Å². The molecule has 4 heteroatoms. The van der Waals surface area contributed by atoms with Crippen molar-refractivity contribution in [3.8, 4) is 0 Å². The number of hydrogen-bond acceptors (Lipinski definition) is 4. The van der Waals surface area contributed by atoms with Crippen LogP contribution in [0.1, 0.15) is 0 Å². The van der Waals surface area contributed by atoms with Gasteiger partial charge in [0.2, 0.25) is 0 Å². The van der Waals surface area contributed by atoms with Gasteiger partial charge < -0.3 is 4.42 Å². The van der Waals surface area contributed by atoms with Crippen molar-refractivity contribution in [2.75, 3.05) is 0 Å². The summed E-state index contributed by atoms with van der Waals surface area (Å²) < 4.78 is 4.83. The van der Waals surface area contributed by atoms with Crippen molar-refractivity contribution in [1.29, 1.82) is 0 Å².